The van der Waals surface area contributed by atoms with Gasteiger partial charge in [0, 0.05) is 36.6 Å². The molecule has 4 atom stereocenters. The zero-order chi connectivity index (χ0) is 15.6. The predicted molar refractivity (Wildman–Crippen MR) is 81.4 cm³/mol. The Bertz CT molecular complexity index is 747. The molecule has 0 bridgehead atoms. The van der Waals surface area contributed by atoms with Crippen molar-refractivity contribution in [1.29, 1.82) is 0 Å². The summed E-state index contributed by atoms with van der Waals surface area (Å²) in [7, 11) is 1.67. The first-order valence-electron chi connectivity index (χ1n) is 7.78. The molecule has 1 amide bonds. The maximum absolute atomic E-state index is 12.7. The van der Waals surface area contributed by atoms with Gasteiger partial charge in [-0.2, -0.15) is 4.99 Å². The Kier molecular flexibility index (Phi) is 3.01. The molecule has 1 heterocycles. The van der Waals surface area contributed by atoms with Crippen molar-refractivity contribution in [3.63, 3.8) is 0 Å². The summed E-state index contributed by atoms with van der Waals surface area (Å²) in [4.78, 5) is 30.9. The number of carbonyl (C=O) groups is 2. The summed E-state index contributed by atoms with van der Waals surface area (Å²) >= 11 is 1.54. The van der Waals surface area contributed by atoms with E-state index in [-0.39, 0.29) is 17.6 Å². The van der Waals surface area contributed by atoms with Crippen LogP contribution in [-0.4, -0.2) is 30.0 Å². The molecule has 0 aliphatic heterocycles. The first-order chi connectivity index (χ1) is 10.5. The number of amides is 1. The van der Waals surface area contributed by atoms with Gasteiger partial charge >= 0.3 is 0 Å². The quantitative estimate of drug-likeness (QED) is 0.844. The van der Waals surface area contributed by atoms with Crippen LogP contribution in [0, 0.1) is 37.0 Å². The molecule has 6 heteroatoms. The van der Waals surface area contributed by atoms with Gasteiger partial charge < -0.3 is 9.30 Å². The summed E-state index contributed by atoms with van der Waals surface area (Å²) in [5.41, 5.74) is 0.717. The summed E-state index contributed by atoms with van der Waals surface area (Å²) < 4.78 is 7.19. The largest absolute Gasteiger partial charge is 0.383 e. The van der Waals surface area contributed by atoms with Crippen molar-refractivity contribution in [2.45, 2.75) is 33.2 Å². The van der Waals surface area contributed by atoms with Crippen molar-refractivity contribution < 1.29 is 14.3 Å². The zero-order valence-electron chi connectivity index (χ0n) is 13.1. The van der Waals surface area contributed by atoms with Crippen LogP contribution in [-0.2, 0) is 20.9 Å². The molecule has 0 saturated heterocycles. The average Bonchev–Trinajstić information content (AvgIpc) is 2.78. The lowest BCUT2D eigenvalue weighted by Crippen LogP contribution is -2.37. The first kappa shape index (κ1) is 14.3. The molecule has 3 fully saturated rings. The van der Waals surface area contributed by atoms with Crippen molar-refractivity contribution >= 4 is 23.0 Å². The SMILES string of the molecule is COCCn1c(C)c(C)sc1=NC(=O)C12CC3CC(=O)C1C32. The summed E-state index contributed by atoms with van der Waals surface area (Å²) in [6.45, 7) is 5.37. The van der Waals surface area contributed by atoms with Crippen LogP contribution in [0.3, 0.4) is 0 Å². The molecule has 0 aromatic carbocycles. The average molecular weight is 320 g/mol. The minimum atomic E-state index is -0.412. The molecule has 0 spiro atoms. The van der Waals surface area contributed by atoms with E-state index in [1.807, 2.05) is 18.4 Å². The first-order valence-corrected chi connectivity index (χ1v) is 8.60. The summed E-state index contributed by atoms with van der Waals surface area (Å²) in [6.07, 6.45) is 1.56. The number of aryl methyl sites for hydroxylation is 1. The fourth-order valence-electron chi connectivity index (χ4n) is 4.58. The molecule has 3 saturated carbocycles. The Balaban J connectivity index is 1.65. The molecule has 0 N–H and O–H groups in total. The number of aromatic nitrogens is 1. The van der Waals surface area contributed by atoms with E-state index in [9.17, 15) is 9.59 Å². The third-order valence-corrected chi connectivity index (χ3v) is 6.92. The van der Waals surface area contributed by atoms with Gasteiger partial charge in [-0.05, 0) is 32.1 Å². The normalized spacial score (nSPS) is 35.5. The van der Waals surface area contributed by atoms with Gasteiger partial charge in [0.15, 0.2) is 4.80 Å². The number of ketones is 1. The molecular weight excluding hydrogens is 300 g/mol. The highest BCUT2D eigenvalue weighted by atomic mass is 32.1. The van der Waals surface area contributed by atoms with E-state index >= 15 is 0 Å². The predicted octanol–water partition coefficient (Wildman–Crippen LogP) is 1.47. The van der Waals surface area contributed by atoms with Crippen LogP contribution in [0.15, 0.2) is 4.99 Å². The number of rotatable bonds is 4. The van der Waals surface area contributed by atoms with E-state index in [1.54, 1.807) is 18.4 Å². The van der Waals surface area contributed by atoms with E-state index < -0.39 is 5.41 Å². The Morgan fingerprint density at radius 1 is 1.50 bits per heavy atom. The number of nitrogens with zero attached hydrogens (tertiary/aromatic N) is 2. The molecule has 4 rings (SSSR count). The van der Waals surface area contributed by atoms with Crippen LogP contribution >= 0.6 is 11.3 Å². The van der Waals surface area contributed by atoms with Crippen LogP contribution in [0.4, 0.5) is 0 Å². The van der Waals surface area contributed by atoms with Crippen LogP contribution < -0.4 is 4.80 Å². The Morgan fingerprint density at radius 3 is 2.91 bits per heavy atom. The minimum absolute atomic E-state index is 0.0108. The number of carbonyl (C=O) groups excluding carboxylic acids is 2. The maximum atomic E-state index is 12.7. The second-order valence-corrected chi connectivity index (χ2v) is 7.95. The van der Waals surface area contributed by atoms with Crippen molar-refractivity contribution in [2.75, 3.05) is 13.7 Å². The molecule has 118 valence electrons. The van der Waals surface area contributed by atoms with Crippen LogP contribution in [0.2, 0.25) is 0 Å². The van der Waals surface area contributed by atoms with Crippen molar-refractivity contribution in [3.8, 4) is 0 Å². The van der Waals surface area contributed by atoms with Crippen LogP contribution in [0.1, 0.15) is 23.4 Å². The molecule has 4 unspecified atom stereocenters. The Morgan fingerprint density at radius 2 is 2.27 bits per heavy atom. The van der Waals surface area contributed by atoms with Crippen LogP contribution in [0.25, 0.3) is 0 Å². The molecule has 1 aromatic heterocycles. The van der Waals surface area contributed by atoms with Crippen molar-refractivity contribution in [3.05, 3.63) is 15.4 Å². The number of methoxy groups -OCH3 is 1. The number of hydrogen-bond donors (Lipinski definition) is 0. The lowest BCUT2D eigenvalue weighted by atomic mass is 9.70. The highest BCUT2D eigenvalue weighted by Crippen LogP contribution is 2.80. The number of Topliss-reactive ketones (excluding diaryl/α,β-unsaturated/α-hetero) is 1. The van der Waals surface area contributed by atoms with E-state index in [1.165, 1.54) is 4.88 Å². The van der Waals surface area contributed by atoms with E-state index in [4.69, 9.17) is 4.74 Å². The molecular formula is C16H20N2O3S. The van der Waals surface area contributed by atoms with E-state index in [2.05, 4.69) is 4.99 Å². The maximum Gasteiger partial charge on any atom is 0.255 e. The molecule has 3 aliphatic rings. The lowest BCUT2D eigenvalue weighted by Gasteiger charge is -2.32. The van der Waals surface area contributed by atoms with Gasteiger partial charge in [0.05, 0.1) is 12.0 Å². The smallest absolute Gasteiger partial charge is 0.255 e. The lowest BCUT2D eigenvalue weighted by molar-refractivity contribution is -0.134. The highest BCUT2D eigenvalue weighted by Gasteiger charge is 2.84. The molecule has 22 heavy (non-hydrogen) atoms. The minimum Gasteiger partial charge on any atom is -0.383 e. The summed E-state index contributed by atoms with van der Waals surface area (Å²) in [6, 6.07) is 0. The van der Waals surface area contributed by atoms with Gasteiger partial charge in [-0.15, -0.1) is 11.3 Å². The van der Waals surface area contributed by atoms with Crippen molar-refractivity contribution in [2.24, 2.45) is 28.2 Å². The number of hydrogen-bond acceptors (Lipinski definition) is 4. The van der Waals surface area contributed by atoms with Gasteiger partial charge in [0.25, 0.3) is 5.91 Å². The fraction of sp³-hybridized carbons (Fsp3) is 0.688. The van der Waals surface area contributed by atoms with Gasteiger partial charge in [-0.1, -0.05) is 0 Å². The third-order valence-electron chi connectivity index (χ3n) is 5.82. The van der Waals surface area contributed by atoms with Gasteiger partial charge in [-0.25, -0.2) is 0 Å². The second kappa shape index (κ2) is 4.61. The molecule has 5 nitrogen and oxygen atoms in total. The van der Waals surface area contributed by atoms with E-state index in [0.717, 1.165) is 16.9 Å². The number of ether oxygens (including phenoxy) is 1. The summed E-state index contributed by atoms with van der Waals surface area (Å²) in [5, 5.41) is 0. The van der Waals surface area contributed by atoms with E-state index in [0.29, 0.717) is 31.4 Å². The second-order valence-electron chi connectivity index (χ2n) is 6.77. The molecule has 3 aliphatic carbocycles. The number of fused-ring (bicyclic) bond motifs is 1. The molecule has 1 aromatic rings. The Labute approximate surface area is 133 Å². The van der Waals surface area contributed by atoms with Crippen LogP contribution in [0.5, 0.6) is 0 Å². The topological polar surface area (TPSA) is 60.7 Å². The van der Waals surface area contributed by atoms with Gasteiger partial charge in [0.2, 0.25) is 0 Å². The Hall–Kier alpha value is -1.27. The standard InChI is InChI=1S/C16H20N2O3S/c1-8-9(2)22-15(18(8)4-5-21-3)17-14(20)16-7-10-6-11(19)13(16)12(10)16/h10,12-13H,4-7H2,1-3H3. The number of thiazole rings is 1. The van der Waals surface area contributed by atoms with Gasteiger partial charge in [-0.3, -0.25) is 9.59 Å². The fourth-order valence-corrected chi connectivity index (χ4v) is 5.58. The third kappa shape index (κ3) is 1.65. The van der Waals surface area contributed by atoms with Gasteiger partial charge in [0.1, 0.15) is 5.78 Å². The monoisotopic (exact) mass is 320 g/mol. The summed E-state index contributed by atoms with van der Waals surface area (Å²) in [5.74, 6) is 0.980. The zero-order valence-corrected chi connectivity index (χ0v) is 13.9. The molecule has 0 radical (unpaired) electrons. The van der Waals surface area contributed by atoms with Crippen molar-refractivity contribution in [1.82, 2.24) is 4.57 Å². The highest BCUT2D eigenvalue weighted by molar-refractivity contribution is 7.09.